The Morgan fingerprint density at radius 3 is 2.78 bits per heavy atom. The maximum Gasteiger partial charge on any atom is 0.153 e. The van der Waals surface area contributed by atoms with Gasteiger partial charge in [0.25, 0.3) is 0 Å². The topological polar surface area (TPSA) is 50.9 Å². The van der Waals surface area contributed by atoms with E-state index in [4.69, 9.17) is 17.3 Å². The average Bonchev–Trinajstić information content (AvgIpc) is 2.29. The molecule has 2 aromatic rings. The maximum atomic E-state index is 13.3. The summed E-state index contributed by atoms with van der Waals surface area (Å²) < 4.78 is 13.7. The summed E-state index contributed by atoms with van der Waals surface area (Å²) in [6.07, 6.45) is 1.49. The molecule has 0 fully saturated rings. The molecule has 1 heterocycles. The van der Waals surface area contributed by atoms with Crippen molar-refractivity contribution in [2.45, 2.75) is 6.92 Å². The maximum absolute atomic E-state index is 13.3. The number of nitrogen functional groups attached to an aromatic ring is 1. The van der Waals surface area contributed by atoms with Crippen LogP contribution in [0.15, 0.2) is 28.9 Å². The zero-order valence-electron chi connectivity index (χ0n) is 9.47. The lowest BCUT2D eigenvalue weighted by molar-refractivity contribution is 0.620. The molecule has 0 amide bonds. The molecule has 2 rings (SSSR count). The molecule has 0 aliphatic rings. The number of pyridine rings is 1. The molecule has 0 bridgehead atoms. The Morgan fingerprint density at radius 2 is 2.11 bits per heavy atom. The lowest BCUT2D eigenvalue weighted by atomic mass is 10.2. The van der Waals surface area contributed by atoms with Gasteiger partial charge >= 0.3 is 0 Å². The Hall–Kier alpha value is -1.33. The van der Waals surface area contributed by atoms with E-state index >= 15 is 0 Å². The van der Waals surface area contributed by atoms with Crippen LogP contribution >= 0.6 is 27.5 Å². The molecule has 0 saturated heterocycles. The van der Waals surface area contributed by atoms with Gasteiger partial charge in [0.2, 0.25) is 0 Å². The quantitative estimate of drug-likeness (QED) is 0.864. The number of nitrogens with one attached hydrogen (secondary N) is 1. The normalized spacial score (nSPS) is 10.4. The van der Waals surface area contributed by atoms with E-state index in [1.54, 1.807) is 19.1 Å². The molecule has 0 atom stereocenters. The predicted molar refractivity (Wildman–Crippen MR) is 75.8 cm³/mol. The number of rotatable bonds is 2. The highest BCUT2D eigenvalue weighted by Crippen LogP contribution is 2.29. The zero-order chi connectivity index (χ0) is 13.3. The summed E-state index contributed by atoms with van der Waals surface area (Å²) in [5.41, 5.74) is 7.71. The lowest BCUT2D eigenvalue weighted by Gasteiger charge is -2.11. The minimum absolute atomic E-state index is 0.310. The Morgan fingerprint density at radius 1 is 1.39 bits per heavy atom. The lowest BCUT2D eigenvalue weighted by Crippen LogP contribution is -2.01. The monoisotopic (exact) mass is 329 g/mol. The first-order valence-electron chi connectivity index (χ1n) is 5.11. The van der Waals surface area contributed by atoms with Gasteiger partial charge in [-0.25, -0.2) is 9.37 Å². The Labute approximate surface area is 117 Å². The molecule has 18 heavy (non-hydrogen) atoms. The number of aromatic nitrogens is 1. The van der Waals surface area contributed by atoms with Crippen molar-refractivity contribution in [2.24, 2.45) is 0 Å². The Kier molecular flexibility index (Phi) is 3.73. The van der Waals surface area contributed by atoms with E-state index < -0.39 is 0 Å². The van der Waals surface area contributed by atoms with E-state index in [0.717, 1.165) is 11.3 Å². The third-order valence-corrected chi connectivity index (χ3v) is 3.22. The number of hydrogen-bond donors (Lipinski definition) is 2. The standard InChI is InChI=1S/C12H10BrClFN3/c1-6-2-9(15)8(13)4-11(6)18-12-10(16)3-7(14)5-17-12/h2-5H,16H2,1H3,(H,17,18). The number of halogens is 3. The second-order valence-corrected chi connectivity index (χ2v) is 5.09. The van der Waals surface area contributed by atoms with Crippen molar-refractivity contribution in [1.29, 1.82) is 0 Å². The predicted octanol–water partition coefficient (Wildman–Crippen LogP) is 4.27. The van der Waals surface area contributed by atoms with Crippen LogP contribution in [-0.2, 0) is 0 Å². The van der Waals surface area contributed by atoms with Gasteiger partial charge in [0.15, 0.2) is 5.82 Å². The van der Waals surface area contributed by atoms with Crippen LogP contribution in [0.5, 0.6) is 0 Å². The molecule has 0 saturated carbocycles. The van der Waals surface area contributed by atoms with Crippen LogP contribution in [0.4, 0.5) is 21.6 Å². The molecule has 0 aliphatic carbocycles. The van der Waals surface area contributed by atoms with E-state index in [1.807, 2.05) is 0 Å². The van der Waals surface area contributed by atoms with Crippen molar-refractivity contribution >= 4 is 44.7 Å². The summed E-state index contributed by atoms with van der Waals surface area (Å²) in [6, 6.07) is 4.67. The third-order valence-electron chi connectivity index (χ3n) is 2.40. The fourth-order valence-corrected chi connectivity index (χ4v) is 1.98. The molecular formula is C12H10BrClFN3. The molecule has 0 aliphatic heterocycles. The molecule has 6 heteroatoms. The number of anilines is 3. The van der Waals surface area contributed by atoms with Crippen LogP contribution in [-0.4, -0.2) is 4.98 Å². The largest absolute Gasteiger partial charge is 0.396 e. The number of nitrogens with zero attached hydrogens (tertiary/aromatic N) is 1. The van der Waals surface area contributed by atoms with Crippen molar-refractivity contribution in [3.8, 4) is 0 Å². The molecular weight excluding hydrogens is 321 g/mol. The molecule has 94 valence electrons. The van der Waals surface area contributed by atoms with Crippen molar-refractivity contribution in [2.75, 3.05) is 11.1 Å². The average molecular weight is 331 g/mol. The van der Waals surface area contributed by atoms with E-state index in [-0.39, 0.29) is 5.82 Å². The number of nitrogens with two attached hydrogens (primary N) is 1. The highest BCUT2D eigenvalue weighted by molar-refractivity contribution is 9.10. The highest BCUT2D eigenvalue weighted by atomic mass is 79.9. The molecule has 0 spiro atoms. The van der Waals surface area contributed by atoms with Crippen molar-refractivity contribution in [1.82, 2.24) is 4.98 Å². The van der Waals surface area contributed by atoms with Gasteiger partial charge in [-0.05, 0) is 46.6 Å². The highest BCUT2D eigenvalue weighted by Gasteiger charge is 2.08. The van der Waals surface area contributed by atoms with Gasteiger partial charge in [-0.1, -0.05) is 11.6 Å². The van der Waals surface area contributed by atoms with Crippen LogP contribution < -0.4 is 11.1 Å². The van der Waals surface area contributed by atoms with Crippen LogP contribution in [0.25, 0.3) is 0 Å². The summed E-state index contributed by atoms with van der Waals surface area (Å²) >= 11 is 8.91. The zero-order valence-corrected chi connectivity index (χ0v) is 11.8. The molecule has 0 radical (unpaired) electrons. The Balaban J connectivity index is 2.37. The third kappa shape index (κ3) is 2.73. The molecule has 3 N–H and O–H groups in total. The van der Waals surface area contributed by atoms with Gasteiger partial charge in [-0.15, -0.1) is 0 Å². The summed E-state index contributed by atoms with van der Waals surface area (Å²) in [5.74, 6) is 0.177. The number of aryl methyl sites for hydroxylation is 1. The Bertz CT molecular complexity index is 604. The second kappa shape index (κ2) is 5.12. The van der Waals surface area contributed by atoms with E-state index in [1.165, 1.54) is 12.3 Å². The van der Waals surface area contributed by atoms with Gasteiger partial charge in [-0.3, -0.25) is 0 Å². The van der Waals surface area contributed by atoms with Crippen LogP contribution in [0.2, 0.25) is 5.02 Å². The first-order valence-corrected chi connectivity index (χ1v) is 6.28. The van der Waals surface area contributed by atoms with Gasteiger partial charge in [-0.2, -0.15) is 0 Å². The molecule has 1 aromatic carbocycles. The summed E-state index contributed by atoms with van der Waals surface area (Å²) in [5, 5.41) is 3.51. The summed E-state index contributed by atoms with van der Waals surface area (Å²) in [4.78, 5) is 4.09. The molecule has 1 aromatic heterocycles. The molecule has 0 unspecified atom stereocenters. The fraction of sp³-hybridized carbons (Fsp3) is 0.0833. The summed E-state index contributed by atoms with van der Waals surface area (Å²) in [6.45, 7) is 1.80. The van der Waals surface area contributed by atoms with Gasteiger partial charge in [0.05, 0.1) is 15.2 Å². The van der Waals surface area contributed by atoms with Crippen LogP contribution in [0, 0.1) is 12.7 Å². The molecule has 3 nitrogen and oxygen atoms in total. The van der Waals surface area contributed by atoms with Crippen molar-refractivity contribution in [3.05, 3.63) is 45.3 Å². The number of hydrogen-bond acceptors (Lipinski definition) is 3. The van der Waals surface area contributed by atoms with Gasteiger partial charge < -0.3 is 11.1 Å². The minimum atomic E-state index is -0.310. The fourth-order valence-electron chi connectivity index (χ4n) is 1.47. The summed E-state index contributed by atoms with van der Waals surface area (Å²) in [7, 11) is 0. The first kappa shape index (κ1) is 13.1. The second-order valence-electron chi connectivity index (χ2n) is 3.80. The minimum Gasteiger partial charge on any atom is -0.396 e. The van der Waals surface area contributed by atoms with E-state index in [2.05, 4.69) is 26.2 Å². The van der Waals surface area contributed by atoms with E-state index in [0.29, 0.717) is 21.0 Å². The van der Waals surface area contributed by atoms with Crippen LogP contribution in [0.1, 0.15) is 5.56 Å². The van der Waals surface area contributed by atoms with Gasteiger partial charge in [0, 0.05) is 11.9 Å². The SMILES string of the molecule is Cc1cc(F)c(Br)cc1Nc1ncc(Cl)cc1N. The van der Waals surface area contributed by atoms with E-state index in [9.17, 15) is 4.39 Å². The smallest absolute Gasteiger partial charge is 0.153 e. The number of benzene rings is 1. The van der Waals surface area contributed by atoms with Crippen LogP contribution in [0.3, 0.4) is 0 Å². The van der Waals surface area contributed by atoms with Crippen molar-refractivity contribution in [3.63, 3.8) is 0 Å². The van der Waals surface area contributed by atoms with Crippen molar-refractivity contribution < 1.29 is 4.39 Å². The first-order chi connectivity index (χ1) is 8.47. The van der Waals surface area contributed by atoms with Gasteiger partial charge in [0.1, 0.15) is 5.82 Å².